The molecule has 0 spiro atoms. The summed E-state index contributed by atoms with van der Waals surface area (Å²) >= 11 is 0. The van der Waals surface area contributed by atoms with Crippen molar-refractivity contribution in [3.05, 3.63) is 45.7 Å². The number of aromatic amines is 1. The van der Waals surface area contributed by atoms with E-state index in [9.17, 15) is 9.59 Å². The van der Waals surface area contributed by atoms with Gasteiger partial charge in [-0.2, -0.15) is 0 Å². The maximum Gasteiger partial charge on any atom is 0.190 e. The van der Waals surface area contributed by atoms with Crippen LogP contribution in [0.25, 0.3) is 10.9 Å². The Morgan fingerprint density at radius 3 is 2.61 bits per heavy atom. The normalized spacial score (nSPS) is 11.7. The highest BCUT2D eigenvalue weighted by Crippen LogP contribution is 2.28. The van der Waals surface area contributed by atoms with Gasteiger partial charge in [0, 0.05) is 17.0 Å². The first-order valence-electron chi connectivity index (χ1n) is 6.10. The molecule has 0 saturated heterocycles. The van der Waals surface area contributed by atoms with Crippen LogP contribution in [0.15, 0.2) is 29.1 Å². The van der Waals surface area contributed by atoms with Gasteiger partial charge in [0.05, 0.1) is 5.69 Å². The third-order valence-corrected chi connectivity index (χ3v) is 3.64. The maximum absolute atomic E-state index is 11.9. The van der Waals surface area contributed by atoms with Gasteiger partial charge < -0.3 is 4.98 Å². The van der Waals surface area contributed by atoms with Gasteiger partial charge in [0.1, 0.15) is 0 Å². The second-order valence-electron chi connectivity index (χ2n) is 5.20. The molecule has 1 N–H and O–H groups in total. The van der Waals surface area contributed by atoms with E-state index in [1.807, 2.05) is 18.2 Å². The molecule has 0 fully saturated rings. The van der Waals surface area contributed by atoms with Crippen LogP contribution in [-0.2, 0) is 5.41 Å². The van der Waals surface area contributed by atoms with Gasteiger partial charge in [0.25, 0.3) is 0 Å². The number of aromatic nitrogens is 1. The van der Waals surface area contributed by atoms with Crippen molar-refractivity contribution >= 4 is 17.2 Å². The lowest BCUT2D eigenvalue weighted by molar-refractivity contribution is 0.111. The SMILES string of the molecule is CCC(C)(C)c1ccc2[nH]c(C=O)cc(=O)c2c1. The molecule has 1 aromatic carbocycles. The summed E-state index contributed by atoms with van der Waals surface area (Å²) in [5, 5.41) is 0.639. The molecule has 0 aliphatic carbocycles. The number of fused-ring (bicyclic) bond motifs is 1. The van der Waals surface area contributed by atoms with Crippen LogP contribution in [0.2, 0.25) is 0 Å². The molecule has 1 heterocycles. The van der Waals surface area contributed by atoms with Crippen LogP contribution in [0.3, 0.4) is 0 Å². The number of rotatable bonds is 3. The van der Waals surface area contributed by atoms with Gasteiger partial charge in [-0.3, -0.25) is 9.59 Å². The molecule has 0 radical (unpaired) electrons. The quantitative estimate of drug-likeness (QED) is 0.842. The Morgan fingerprint density at radius 2 is 2.00 bits per heavy atom. The Hall–Kier alpha value is -1.90. The number of hydrogen-bond acceptors (Lipinski definition) is 2. The molecule has 2 rings (SSSR count). The molecular weight excluding hydrogens is 226 g/mol. The number of pyridine rings is 1. The standard InChI is InChI=1S/C15H17NO2/c1-4-15(2,3)10-5-6-13-12(7-10)14(18)8-11(9-17)16-13/h5-9H,4H2,1-3H3,(H,16,18). The molecule has 0 aliphatic heterocycles. The van der Waals surface area contributed by atoms with Crippen molar-refractivity contribution in [3.8, 4) is 0 Å². The van der Waals surface area contributed by atoms with E-state index in [0.717, 1.165) is 12.0 Å². The van der Waals surface area contributed by atoms with E-state index in [2.05, 4.69) is 25.8 Å². The van der Waals surface area contributed by atoms with Gasteiger partial charge in [0.2, 0.25) is 0 Å². The first kappa shape index (κ1) is 12.6. The largest absolute Gasteiger partial charge is 0.352 e. The summed E-state index contributed by atoms with van der Waals surface area (Å²) < 4.78 is 0. The minimum atomic E-state index is -0.111. The highest BCUT2D eigenvalue weighted by Gasteiger charge is 2.18. The predicted octanol–water partition coefficient (Wildman–Crippen LogP) is 3.03. The third-order valence-electron chi connectivity index (χ3n) is 3.64. The summed E-state index contributed by atoms with van der Waals surface area (Å²) in [7, 11) is 0. The summed E-state index contributed by atoms with van der Waals surface area (Å²) in [6.45, 7) is 6.44. The van der Waals surface area contributed by atoms with Gasteiger partial charge >= 0.3 is 0 Å². The number of hydrogen-bond donors (Lipinski definition) is 1. The Morgan fingerprint density at radius 1 is 1.28 bits per heavy atom. The molecule has 0 atom stereocenters. The molecule has 18 heavy (non-hydrogen) atoms. The number of aldehydes is 1. The molecular formula is C15H17NO2. The Kier molecular flexibility index (Phi) is 3.07. The average Bonchev–Trinajstić information content (AvgIpc) is 2.38. The molecule has 0 amide bonds. The second-order valence-corrected chi connectivity index (χ2v) is 5.20. The molecule has 2 aromatic rings. The van der Waals surface area contributed by atoms with Gasteiger partial charge in [-0.05, 0) is 29.5 Å². The van der Waals surface area contributed by atoms with E-state index in [4.69, 9.17) is 0 Å². The van der Waals surface area contributed by atoms with Crippen molar-refractivity contribution < 1.29 is 4.79 Å². The first-order chi connectivity index (χ1) is 8.47. The van der Waals surface area contributed by atoms with Crippen molar-refractivity contribution in [3.63, 3.8) is 0 Å². The average molecular weight is 243 g/mol. The Balaban J connectivity index is 2.70. The Labute approximate surface area is 106 Å². The minimum Gasteiger partial charge on any atom is -0.352 e. The van der Waals surface area contributed by atoms with Crippen LogP contribution in [0.1, 0.15) is 43.2 Å². The first-order valence-corrected chi connectivity index (χ1v) is 6.10. The molecule has 94 valence electrons. The van der Waals surface area contributed by atoms with Crippen LogP contribution in [0.4, 0.5) is 0 Å². The van der Waals surface area contributed by atoms with Crippen LogP contribution < -0.4 is 5.43 Å². The molecule has 0 bridgehead atoms. The maximum atomic E-state index is 11.9. The molecule has 0 saturated carbocycles. The van der Waals surface area contributed by atoms with Crippen LogP contribution in [0.5, 0.6) is 0 Å². The number of benzene rings is 1. The molecule has 0 unspecified atom stereocenters. The molecule has 3 nitrogen and oxygen atoms in total. The number of H-pyrrole nitrogens is 1. The summed E-state index contributed by atoms with van der Waals surface area (Å²) in [6, 6.07) is 7.15. The summed E-state index contributed by atoms with van der Waals surface area (Å²) in [5.41, 5.74) is 2.10. The van der Waals surface area contributed by atoms with Crippen molar-refractivity contribution in [1.29, 1.82) is 0 Å². The fourth-order valence-corrected chi connectivity index (χ4v) is 1.96. The van der Waals surface area contributed by atoms with E-state index in [1.165, 1.54) is 6.07 Å². The summed E-state index contributed by atoms with van der Waals surface area (Å²) in [4.78, 5) is 25.6. The van der Waals surface area contributed by atoms with Gasteiger partial charge in [-0.15, -0.1) is 0 Å². The van der Waals surface area contributed by atoms with Crippen molar-refractivity contribution in [2.45, 2.75) is 32.6 Å². The van der Waals surface area contributed by atoms with E-state index in [-0.39, 0.29) is 10.8 Å². The molecule has 0 aliphatic rings. The predicted molar refractivity (Wildman–Crippen MR) is 73.3 cm³/mol. The zero-order valence-corrected chi connectivity index (χ0v) is 10.9. The highest BCUT2D eigenvalue weighted by molar-refractivity contribution is 5.83. The summed E-state index contributed by atoms with van der Waals surface area (Å²) in [5.74, 6) is 0. The molecule has 3 heteroatoms. The van der Waals surface area contributed by atoms with Gasteiger partial charge in [0.15, 0.2) is 11.7 Å². The number of carbonyl (C=O) groups is 1. The number of nitrogens with one attached hydrogen (secondary N) is 1. The fraction of sp³-hybridized carbons (Fsp3) is 0.333. The topological polar surface area (TPSA) is 49.9 Å². The lowest BCUT2D eigenvalue weighted by Gasteiger charge is -2.23. The minimum absolute atomic E-state index is 0.0456. The van der Waals surface area contributed by atoms with Gasteiger partial charge in [-0.1, -0.05) is 26.8 Å². The zero-order chi connectivity index (χ0) is 13.3. The smallest absolute Gasteiger partial charge is 0.190 e. The zero-order valence-electron chi connectivity index (χ0n) is 10.9. The van der Waals surface area contributed by atoms with E-state index in [1.54, 1.807) is 0 Å². The van der Waals surface area contributed by atoms with Crippen molar-refractivity contribution in [1.82, 2.24) is 4.98 Å². The van der Waals surface area contributed by atoms with Crippen LogP contribution >= 0.6 is 0 Å². The lowest BCUT2D eigenvalue weighted by Crippen LogP contribution is -2.16. The second kappa shape index (κ2) is 4.41. The lowest BCUT2D eigenvalue weighted by atomic mass is 9.82. The highest BCUT2D eigenvalue weighted by atomic mass is 16.1. The van der Waals surface area contributed by atoms with E-state index in [0.29, 0.717) is 22.9 Å². The van der Waals surface area contributed by atoms with Crippen LogP contribution in [-0.4, -0.2) is 11.3 Å². The molecule has 1 aromatic heterocycles. The summed E-state index contributed by atoms with van der Waals surface area (Å²) in [6.07, 6.45) is 1.66. The third kappa shape index (κ3) is 2.08. The van der Waals surface area contributed by atoms with Crippen molar-refractivity contribution in [2.75, 3.05) is 0 Å². The monoisotopic (exact) mass is 243 g/mol. The van der Waals surface area contributed by atoms with Crippen molar-refractivity contribution in [2.24, 2.45) is 0 Å². The van der Waals surface area contributed by atoms with E-state index < -0.39 is 0 Å². The van der Waals surface area contributed by atoms with E-state index >= 15 is 0 Å². The number of carbonyl (C=O) groups excluding carboxylic acids is 1. The van der Waals surface area contributed by atoms with Gasteiger partial charge in [-0.25, -0.2) is 0 Å². The van der Waals surface area contributed by atoms with Crippen LogP contribution in [0, 0.1) is 0 Å². The Bertz CT molecular complexity index is 653. The fourth-order valence-electron chi connectivity index (χ4n) is 1.96.